The maximum absolute atomic E-state index is 11.2. The van der Waals surface area contributed by atoms with Crippen LogP contribution < -0.4 is 10.6 Å². The number of nitrogens with one attached hydrogen (secondary N) is 2. The fourth-order valence-electron chi connectivity index (χ4n) is 1.88. The molecule has 2 aliphatic heterocycles. The lowest BCUT2D eigenvalue weighted by molar-refractivity contribution is -0.140. The first kappa shape index (κ1) is 7.10. The van der Waals surface area contributed by atoms with Gasteiger partial charge in [0.1, 0.15) is 0 Å². The third kappa shape index (κ3) is 1.03. The lowest BCUT2D eigenvalue weighted by atomic mass is 9.77. The molecule has 2 N–H and O–H groups in total. The van der Waals surface area contributed by atoms with Crippen molar-refractivity contribution in [1.29, 1.82) is 0 Å². The Kier molecular flexibility index (Phi) is 1.60. The molecular formula is C8H14N2O. The zero-order valence-electron chi connectivity index (χ0n) is 6.65. The minimum absolute atomic E-state index is 0.0174. The molecule has 1 amide bonds. The van der Waals surface area contributed by atoms with Gasteiger partial charge in [0.05, 0.1) is 5.41 Å². The van der Waals surface area contributed by atoms with E-state index in [0.717, 1.165) is 26.1 Å². The van der Waals surface area contributed by atoms with Crippen LogP contribution in [-0.2, 0) is 4.79 Å². The first-order valence-corrected chi connectivity index (χ1v) is 4.33. The molecule has 2 heterocycles. The van der Waals surface area contributed by atoms with Crippen LogP contribution in [0.2, 0.25) is 0 Å². The van der Waals surface area contributed by atoms with Crippen molar-refractivity contribution in [2.75, 3.05) is 19.6 Å². The van der Waals surface area contributed by atoms with Gasteiger partial charge in [-0.25, -0.2) is 0 Å². The highest BCUT2D eigenvalue weighted by atomic mass is 16.2. The monoisotopic (exact) mass is 154 g/mol. The van der Waals surface area contributed by atoms with E-state index in [1.807, 2.05) is 0 Å². The van der Waals surface area contributed by atoms with Gasteiger partial charge in [0.25, 0.3) is 0 Å². The molecule has 3 nitrogen and oxygen atoms in total. The minimum Gasteiger partial charge on any atom is -0.354 e. The van der Waals surface area contributed by atoms with Crippen molar-refractivity contribution in [2.24, 2.45) is 5.41 Å². The van der Waals surface area contributed by atoms with Gasteiger partial charge in [-0.3, -0.25) is 4.79 Å². The Hall–Kier alpha value is -0.570. The van der Waals surface area contributed by atoms with E-state index in [-0.39, 0.29) is 11.3 Å². The van der Waals surface area contributed by atoms with Crippen molar-refractivity contribution >= 4 is 5.91 Å². The zero-order chi connectivity index (χ0) is 7.73. The van der Waals surface area contributed by atoms with Gasteiger partial charge in [-0.15, -0.1) is 0 Å². The highest BCUT2D eigenvalue weighted by Gasteiger charge is 2.45. The van der Waals surface area contributed by atoms with Crippen LogP contribution in [-0.4, -0.2) is 25.5 Å². The van der Waals surface area contributed by atoms with E-state index in [4.69, 9.17) is 0 Å². The zero-order valence-corrected chi connectivity index (χ0v) is 6.65. The maximum Gasteiger partial charge on any atom is 0.229 e. The Morgan fingerprint density at radius 1 is 1.27 bits per heavy atom. The van der Waals surface area contributed by atoms with Crippen LogP contribution >= 0.6 is 0 Å². The third-order valence-corrected chi connectivity index (χ3v) is 2.79. The standard InChI is InChI=1S/C8H14N2O/c11-7-8(6-10-7)3-1-2-4-9-5-8/h9H,1-6H2,(H,10,11). The molecule has 1 atom stereocenters. The van der Waals surface area contributed by atoms with Crippen LogP contribution in [0.25, 0.3) is 0 Å². The van der Waals surface area contributed by atoms with Crippen molar-refractivity contribution in [2.45, 2.75) is 19.3 Å². The second kappa shape index (κ2) is 2.48. The number of rotatable bonds is 0. The van der Waals surface area contributed by atoms with Crippen molar-refractivity contribution in [3.8, 4) is 0 Å². The molecule has 0 aromatic carbocycles. The van der Waals surface area contributed by atoms with E-state index in [0.29, 0.717) is 0 Å². The highest BCUT2D eigenvalue weighted by molar-refractivity contribution is 5.88. The molecular weight excluding hydrogens is 140 g/mol. The number of carbonyl (C=O) groups is 1. The molecule has 1 unspecified atom stereocenters. The molecule has 2 fully saturated rings. The van der Waals surface area contributed by atoms with Crippen LogP contribution in [0.3, 0.4) is 0 Å². The summed E-state index contributed by atoms with van der Waals surface area (Å²) in [7, 11) is 0. The van der Waals surface area contributed by atoms with E-state index >= 15 is 0 Å². The Morgan fingerprint density at radius 2 is 2.18 bits per heavy atom. The molecule has 0 aromatic heterocycles. The lowest BCUT2D eigenvalue weighted by Crippen LogP contribution is -2.62. The molecule has 2 aliphatic rings. The molecule has 62 valence electrons. The second-order valence-electron chi connectivity index (χ2n) is 3.60. The third-order valence-electron chi connectivity index (χ3n) is 2.79. The summed E-state index contributed by atoms with van der Waals surface area (Å²) in [5.74, 6) is 0.256. The van der Waals surface area contributed by atoms with Crippen LogP contribution in [0.15, 0.2) is 0 Å². The largest absolute Gasteiger partial charge is 0.354 e. The van der Waals surface area contributed by atoms with Gasteiger partial charge in [-0.2, -0.15) is 0 Å². The van der Waals surface area contributed by atoms with E-state index in [2.05, 4.69) is 10.6 Å². The quantitative estimate of drug-likeness (QED) is 0.477. The number of carbonyl (C=O) groups excluding carboxylic acids is 1. The Balaban J connectivity index is 2.04. The Labute approximate surface area is 66.5 Å². The number of hydrogen-bond acceptors (Lipinski definition) is 2. The molecule has 0 saturated carbocycles. The summed E-state index contributed by atoms with van der Waals surface area (Å²) >= 11 is 0. The highest BCUT2D eigenvalue weighted by Crippen LogP contribution is 2.31. The van der Waals surface area contributed by atoms with Gasteiger partial charge in [-0.05, 0) is 19.4 Å². The summed E-state index contributed by atoms with van der Waals surface area (Å²) in [6.07, 6.45) is 3.49. The summed E-state index contributed by atoms with van der Waals surface area (Å²) in [6, 6.07) is 0. The molecule has 0 radical (unpaired) electrons. The summed E-state index contributed by atoms with van der Waals surface area (Å²) in [6.45, 7) is 2.85. The first-order valence-electron chi connectivity index (χ1n) is 4.33. The van der Waals surface area contributed by atoms with Gasteiger partial charge in [0.15, 0.2) is 0 Å². The molecule has 3 heteroatoms. The van der Waals surface area contributed by atoms with Gasteiger partial charge in [0.2, 0.25) is 5.91 Å². The van der Waals surface area contributed by atoms with E-state index in [9.17, 15) is 4.79 Å². The topological polar surface area (TPSA) is 41.1 Å². The average molecular weight is 154 g/mol. The van der Waals surface area contributed by atoms with Gasteiger partial charge < -0.3 is 10.6 Å². The van der Waals surface area contributed by atoms with Crippen LogP contribution in [0.4, 0.5) is 0 Å². The normalized spacial score (nSPS) is 37.6. The number of β-lactam (4-membered cyclic amide) rings is 1. The first-order chi connectivity index (χ1) is 5.33. The molecule has 0 bridgehead atoms. The Bertz CT molecular complexity index is 171. The fraction of sp³-hybridized carbons (Fsp3) is 0.875. The van der Waals surface area contributed by atoms with Gasteiger partial charge >= 0.3 is 0 Å². The molecule has 1 spiro atoms. The summed E-state index contributed by atoms with van der Waals surface area (Å²) < 4.78 is 0. The van der Waals surface area contributed by atoms with Crippen molar-refractivity contribution in [3.05, 3.63) is 0 Å². The van der Waals surface area contributed by atoms with Gasteiger partial charge in [-0.1, -0.05) is 6.42 Å². The summed E-state index contributed by atoms with van der Waals surface area (Å²) in [5.41, 5.74) is -0.0174. The summed E-state index contributed by atoms with van der Waals surface area (Å²) in [5, 5.41) is 6.13. The van der Waals surface area contributed by atoms with E-state index < -0.39 is 0 Å². The van der Waals surface area contributed by atoms with Crippen LogP contribution in [0.1, 0.15) is 19.3 Å². The predicted octanol–water partition coefficient (Wildman–Crippen LogP) is -0.124. The lowest BCUT2D eigenvalue weighted by Gasteiger charge is -2.39. The van der Waals surface area contributed by atoms with E-state index in [1.165, 1.54) is 12.8 Å². The van der Waals surface area contributed by atoms with Crippen molar-refractivity contribution in [3.63, 3.8) is 0 Å². The predicted molar refractivity (Wildman–Crippen MR) is 42.2 cm³/mol. The SMILES string of the molecule is O=C1NCC12CCCCNC2. The van der Waals surface area contributed by atoms with Gasteiger partial charge in [0, 0.05) is 13.1 Å². The molecule has 11 heavy (non-hydrogen) atoms. The Morgan fingerprint density at radius 3 is 2.82 bits per heavy atom. The number of hydrogen-bond donors (Lipinski definition) is 2. The summed E-state index contributed by atoms with van der Waals surface area (Å²) in [4.78, 5) is 11.2. The van der Waals surface area contributed by atoms with Crippen molar-refractivity contribution < 1.29 is 4.79 Å². The molecule has 0 aromatic rings. The smallest absolute Gasteiger partial charge is 0.229 e. The second-order valence-corrected chi connectivity index (χ2v) is 3.60. The van der Waals surface area contributed by atoms with Crippen molar-refractivity contribution in [1.82, 2.24) is 10.6 Å². The van der Waals surface area contributed by atoms with E-state index in [1.54, 1.807) is 0 Å². The maximum atomic E-state index is 11.2. The fourth-order valence-corrected chi connectivity index (χ4v) is 1.88. The molecule has 2 saturated heterocycles. The molecule has 2 rings (SSSR count). The number of amides is 1. The average Bonchev–Trinajstić information content (AvgIpc) is 2.28. The van der Waals surface area contributed by atoms with Crippen LogP contribution in [0, 0.1) is 5.41 Å². The molecule has 0 aliphatic carbocycles. The minimum atomic E-state index is -0.0174. The van der Waals surface area contributed by atoms with Crippen LogP contribution in [0.5, 0.6) is 0 Å².